The van der Waals surface area contributed by atoms with Crippen LogP contribution in [-0.4, -0.2) is 0 Å². The van der Waals surface area contributed by atoms with Crippen LogP contribution in [0.5, 0.6) is 0 Å². The summed E-state index contributed by atoms with van der Waals surface area (Å²) in [4.78, 5) is 4.54. The van der Waals surface area contributed by atoms with Gasteiger partial charge in [-0.25, -0.2) is 0 Å². The van der Waals surface area contributed by atoms with Crippen LogP contribution in [0.25, 0.3) is 70.6 Å². The lowest BCUT2D eigenvalue weighted by molar-refractivity contribution is 0.921. The molecule has 0 spiro atoms. The number of anilines is 5. The minimum absolute atomic E-state index is 0.586. The molecule has 0 N–H and O–H groups in total. The number of hydrogen-bond acceptors (Lipinski definition) is 4. The molecule has 0 unspecified atom stereocenters. The molecule has 66 heavy (non-hydrogen) atoms. The molecule has 0 radical (unpaired) electrons. The summed E-state index contributed by atoms with van der Waals surface area (Å²) in [5.74, 6) is 0. The zero-order chi connectivity index (χ0) is 44.1. The van der Waals surface area contributed by atoms with E-state index in [0.29, 0.717) is 17.6 Å². The van der Waals surface area contributed by atoms with Crippen molar-refractivity contribution in [3.05, 3.63) is 241 Å². The van der Waals surface area contributed by atoms with E-state index in [1.807, 2.05) is 30.3 Å². The zero-order valence-electron chi connectivity index (χ0n) is 36.0. The molecule has 0 fully saturated rings. The van der Waals surface area contributed by atoms with E-state index in [1.165, 1.54) is 21.7 Å². The average molecular weight is 841 g/mol. The van der Waals surface area contributed by atoms with Gasteiger partial charge in [-0.2, -0.15) is 10.5 Å². The van der Waals surface area contributed by atoms with Gasteiger partial charge in [-0.3, -0.25) is 0 Å². The predicted octanol–water partition coefficient (Wildman–Crippen LogP) is 16.7. The van der Waals surface area contributed by atoms with E-state index in [1.54, 1.807) is 0 Å². The molecular weight excluding hydrogens is 801 g/mol. The number of hydrogen-bond donors (Lipinski definition) is 0. The van der Waals surface area contributed by atoms with Crippen LogP contribution in [0.2, 0.25) is 0 Å². The van der Waals surface area contributed by atoms with Crippen molar-refractivity contribution in [2.24, 2.45) is 0 Å². The van der Waals surface area contributed by atoms with Gasteiger partial charge in [-0.1, -0.05) is 152 Å². The van der Waals surface area contributed by atoms with Crippen molar-refractivity contribution in [2.75, 3.05) is 9.80 Å². The number of rotatable bonds is 8. The van der Waals surface area contributed by atoms with E-state index >= 15 is 0 Å². The zero-order valence-corrected chi connectivity index (χ0v) is 36.0. The van der Waals surface area contributed by atoms with Gasteiger partial charge in [0.15, 0.2) is 0 Å². The van der Waals surface area contributed by atoms with Gasteiger partial charge in [0, 0.05) is 27.8 Å². The first-order valence-electron chi connectivity index (χ1n) is 22.4. The van der Waals surface area contributed by atoms with Crippen LogP contribution in [0.15, 0.2) is 230 Å². The van der Waals surface area contributed by atoms with Crippen molar-refractivity contribution in [1.82, 2.24) is 0 Å². The number of benzene rings is 11. The SMILES string of the molecule is N#CC1=C(N(c2ccccc2)c2ccc3ccc4c(N(c5ccccc5)c5ccc(-c6ccc7ccccc7c6)cc5C#N)ccc5ccc2c3c54)CCC(c2ccc3ccccc3c2)=C1. The molecular formula is C62H40N4. The third-order valence-electron chi connectivity index (χ3n) is 13.3. The molecule has 0 aromatic heterocycles. The first kappa shape index (κ1) is 38.7. The van der Waals surface area contributed by atoms with Gasteiger partial charge in [-0.15, -0.1) is 0 Å². The lowest BCUT2D eigenvalue weighted by Gasteiger charge is -2.32. The predicted molar refractivity (Wildman–Crippen MR) is 275 cm³/mol. The molecule has 11 aromatic carbocycles. The number of nitrogens with zero attached hydrogens (tertiary/aromatic N) is 4. The molecule has 4 heteroatoms. The summed E-state index contributed by atoms with van der Waals surface area (Å²) >= 11 is 0. The Bertz CT molecular complexity index is 3850. The smallest absolute Gasteiger partial charge is 0.101 e. The Kier molecular flexibility index (Phi) is 9.37. The molecule has 0 amide bonds. The average Bonchev–Trinajstić information content (AvgIpc) is 3.39. The topological polar surface area (TPSA) is 54.1 Å². The lowest BCUT2D eigenvalue weighted by atomic mass is 9.89. The fraction of sp³-hybridized carbons (Fsp3) is 0.0323. The molecule has 0 saturated heterocycles. The summed E-state index contributed by atoms with van der Waals surface area (Å²) in [6.45, 7) is 0. The highest BCUT2D eigenvalue weighted by Crippen LogP contribution is 2.48. The summed E-state index contributed by atoms with van der Waals surface area (Å²) in [5.41, 5.74) is 11.4. The summed E-state index contributed by atoms with van der Waals surface area (Å²) < 4.78 is 0. The lowest BCUT2D eigenvalue weighted by Crippen LogP contribution is -2.20. The summed E-state index contributed by atoms with van der Waals surface area (Å²) in [6.07, 6.45) is 3.61. The normalized spacial score (nSPS) is 12.7. The Morgan fingerprint density at radius 2 is 0.833 bits per heavy atom. The molecule has 11 aromatic rings. The first-order valence-corrected chi connectivity index (χ1v) is 22.4. The first-order chi connectivity index (χ1) is 32.6. The fourth-order valence-corrected chi connectivity index (χ4v) is 10.2. The Morgan fingerprint density at radius 1 is 0.364 bits per heavy atom. The van der Waals surface area contributed by atoms with Crippen LogP contribution < -0.4 is 9.80 Å². The van der Waals surface area contributed by atoms with E-state index in [0.717, 1.165) is 94.9 Å². The molecule has 0 atom stereocenters. The minimum atomic E-state index is 0.586. The van der Waals surface area contributed by atoms with Crippen LogP contribution >= 0.6 is 0 Å². The van der Waals surface area contributed by atoms with Gasteiger partial charge in [-0.05, 0) is 145 Å². The van der Waals surface area contributed by atoms with Gasteiger partial charge in [0.1, 0.15) is 12.1 Å². The molecule has 1 aliphatic rings. The van der Waals surface area contributed by atoms with E-state index in [4.69, 9.17) is 0 Å². The second-order valence-electron chi connectivity index (χ2n) is 17.0. The largest absolute Gasteiger partial charge is 0.312 e. The molecule has 0 aliphatic heterocycles. The van der Waals surface area contributed by atoms with Gasteiger partial charge in [0.05, 0.1) is 28.2 Å². The van der Waals surface area contributed by atoms with Crippen molar-refractivity contribution < 1.29 is 0 Å². The maximum atomic E-state index is 10.9. The van der Waals surface area contributed by atoms with Crippen LogP contribution in [0.3, 0.4) is 0 Å². The molecule has 1 aliphatic carbocycles. The molecule has 0 bridgehead atoms. The highest BCUT2D eigenvalue weighted by atomic mass is 15.2. The van der Waals surface area contributed by atoms with Crippen LogP contribution in [0.1, 0.15) is 24.0 Å². The van der Waals surface area contributed by atoms with E-state index in [2.05, 4.69) is 210 Å². The molecule has 0 saturated carbocycles. The molecule has 12 rings (SSSR count). The monoisotopic (exact) mass is 840 g/mol. The van der Waals surface area contributed by atoms with Crippen molar-refractivity contribution in [3.63, 3.8) is 0 Å². The van der Waals surface area contributed by atoms with Gasteiger partial charge < -0.3 is 9.80 Å². The fourth-order valence-electron chi connectivity index (χ4n) is 10.2. The van der Waals surface area contributed by atoms with Crippen LogP contribution in [-0.2, 0) is 0 Å². The maximum Gasteiger partial charge on any atom is 0.101 e. The van der Waals surface area contributed by atoms with E-state index in [9.17, 15) is 10.5 Å². The van der Waals surface area contributed by atoms with Crippen molar-refractivity contribution >= 4 is 87.9 Å². The summed E-state index contributed by atoms with van der Waals surface area (Å²) in [7, 11) is 0. The Morgan fingerprint density at radius 3 is 1.44 bits per heavy atom. The van der Waals surface area contributed by atoms with Gasteiger partial charge >= 0.3 is 0 Å². The van der Waals surface area contributed by atoms with Gasteiger partial charge in [0.2, 0.25) is 0 Å². The number of para-hydroxylation sites is 2. The van der Waals surface area contributed by atoms with E-state index in [-0.39, 0.29) is 0 Å². The van der Waals surface area contributed by atoms with Crippen LogP contribution in [0, 0.1) is 22.7 Å². The second-order valence-corrected chi connectivity index (χ2v) is 17.0. The van der Waals surface area contributed by atoms with Crippen LogP contribution in [0.4, 0.5) is 28.4 Å². The summed E-state index contributed by atoms with van der Waals surface area (Å²) in [5, 5.41) is 33.3. The number of allylic oxidation sites excluding steroid dienone is 4. The molecule has 4 nitrogen and oxygen atoms in total. The third kappa shape index (κ3) is 6.52. The summed E-state index contributed by atoms with van der Waals surface area (Å²) in [6, 6.07) is 79.9. The highest BCUT2D eigenvalue weighted by molar-refractivity contribution is 6.28. The third-order valence-corrected chi connectivity index (χ3v) is 13.3. The van der Waals surface area contributed by atoms with Gasteiger partial charge in [0.25, 0.3) is 0 Å². The highest BCUT2D eigenvalue weighted by Gasteiger charge is 2.26. The maximum absolute atomic E-state index is 10.9. The Labute approximate surface area is 383 Å². The van der Waals surface area contributed by atoms with E-state index < -0.39 is 0 Å². The van der Waals surface area contributed by atoms with Crippen molar-refractivity contribution in [2.45, 2.75) is 12.8 Å². The second kappa shape index (κ2) is 16.0. The minimum Gasteiger partial charge on any atom is -0.312 e. The number of fused-ring (bicyclic) bond motifs is 2. The Hall–Kier alpha value is -8.96. The van der Waals surface area contributed by atoms with Crippen molar-refractivity contribution in [3.8, 4) is 23.3 Å². The Balaban J connectivity index is 1.03. The van der Waals surface area contributed by atoms with Crippen molar-refractivity contribution in [1.29, 1.82) is 10.5 Å². The number of nitriles is 2. The standard InChI is InChI=1S/C62H40N4/c63-39-51-37-49(47-21-19-41-11-7-9-13-45(41)35-47)27-31-57(51)65(53-15-3-1-4-16-53)59-33-25-43-24-30-56-60(34-26-44-23-29-55(59)61(43)62(44)56)66(54-17-5-2-6-18-54)58-32-28-50(38-52(58)40-64)48-22-20-42-12-8-10-14-46(42)36-48/h1-27,29-31,33-38H,28,32H2. The quantitative estimate of drug-likeness (QED) is 0.143. The molecule has 308 valence electrons. The molecule has 0 heterocycles.